The lowest BCUT2D eigenvalue weighted by Crippen LogP contribution is -2.21. The first-order valence-electron chi connectivity index (χ1n) is 3.38. The molecule has 0 aromatic carbocycles. The molecule has 0 aliphatic rings. The first-order valence-corrected chi connectivity index (χ1v) is 6.67. The molecule has 74 valence electrons. The third-order valence-corrected chi connectivity index (χ3v) is 2.15. The Bertz CT molecular complexity index is 91.6. The van der Waals surface area contributed by atoms with Gasteiger partial charge in [-0.25, -0.2) is 0 Å². The summed E-state index contributed by atoms with van der Waals surface area (Å²) in [5.41, 5.74) is 0. The average molecular weight is 308 g/mol. The molecule has 0 radical (unpaired) electrons. The second-order valence-corrected chi connectivity index (χ2v) is 3.30. The third kappa shape index (κ3) is 7.56. The Labute approximate surface area is 89.1 Å². The van der Waals surface area contributed by atoms with E-state index < -0.39 is 0 Å². The Morgan fingerprint density at radius 2 is 1.92 bits per heavy atom. The monoisotopic (exact) mass is 308 g/mol. The molecule has 0 saturated carbocycles. The van der Waals surface area contributed by atoms with Gasteiger partial charge >= 0.3 is 0 Å². The van der Waals surface area contributed by atoms with Crippen molar-refractivity contribution in [3.8, 4) is 0 Å². The molecule has 0 fully saturated rings. The van der Waals surface area contributed by atoms with Gasteiger partial charge in [-0.15, -0.1) is 0 Å². The summed E-state index contributed by atoms with van der Waals surface area (Å²) >= 11 is 2.06. The van der Waals surface area contributed by atoms with Gasteiger partial charge in [-0.2, -0.15) is 0 Å². The fourth-order valence-electron chi connectivity index (χ4n) is 0.536. The number of hydrogen-bond donors (Lipinski definition) is 0. The van der Waals surface area contributed by atoms with Crippen LogP contribution >= 0.6 is 30.4 Å². The number of hydrogen-bond acceptors (Lipinski definition) is 5. The second kappa shape index (κ2) is 10.0. The lowest BCUT2D eigenvalue weighted by Gasteiger charge is -2.12. The van der Waals surface area contributed by atoms with Crippen molar-refractivity contribution in [2.45, 2.75) is 6.29 Å². The van der Waals surface area contributed by atoms with E-state index in [9.17, 15) is 0 Å². The van der Waals surface area contributed by atoms with Gasteiger partial charge in [0.25, 0.3) is 0 Å². The highest BCUT2D eigenvalue weighted by Gasteiger charge is 2.03. The fourth-order valence-corrected chi connectivity index (χ4v) is 1.21. The van der Waals surface area contributed by atoms with Crippen LogP contribution in [0.2, 0.25) is 0 Å². The minimum Gasteiger partial charge on any atom is -0.374 e. The molecular weight excluding hydrogens is 295 g/mol. The summed E-state index contributed by atoms with van der Waals surface area (Å²) in [5.74, 6) is 0. The van der Waals surface area contributed by atoms with Crippen LogP contribution in [0, 0.1) is 0 Å². The smallest absolute Gasteiger partial charge is 0.180 e. The van der Waals surface area contributed by atoms with Gasteiger partial charge in [0, 0.05) is 35.4 Å². The van der Waals surface area contributed by atoms with Crippen molar-refractivity contribution in [3.63, 3.8) is 0 Å². The minimum atomic E-state index is -0.280. The van der Waals surface area contributed by atoms with Gasteiger partial charge in [-0.3, -0.25) is 0 Å². The number of rotatable bonds is 8. The second-order valence-electron chi connectivity index (χ2n) is 1.86. The van der Waals surface area contributed by atoms with Crippen molar-refractivity contribution in [1.82, 2.24) is 0 Å². The summed E-state index contributed by atoms with van der Waals surface area (Å²) < 4.78 is 20.0. The first kappa shape index (κ1) is 12.9. The average Bonchev–Trinajstić information content (AvgIpc) is 2.11. The predicted molar refractivity (Wildman–Crippen MR) is 56.2 cm³/mol. The molecule has 0 atom stereocenters. The summed E-state index contributed by atoms with van der Waals surface area (Å²) in [6, 6.07) is 0. The fraction of sp³-hybridized carbons (Fsp3) is 1.00. The third-order valence-electron chi connectivity index (χ3n) is 1.14. The van der Waals surface area contributed by atoms with Crippen molar-refractivity contribution < 1.29 is 18.4 Å². The molecule has 0 aliphatic carbocycles. The van der Waals surface area contributed by atoms with Crippen LogP contribution in [0.4, 0.5) is 0 Å². The predicted octanol–water partition coefficient (Wildman–Crippen LogP) is 1.64. The highest BCUT2D eigenvalue weighted by molar-refractivity contribution is 14.2. The molecule has 0 bridgehead atoms. The lowest BCUT2D eigenvalue weighted by molar-refractivity contribution is -0.141. The molecule has 6 heteroatoms. The molecule has 0 unspecified atom stereocenters. The van der Waals surface area contributed by atoms with Crippen LogP contribution in [0.5, 0.6) is 0 Å². The maximum atomic E-state index is 5.19. The highest BCUT2D eigenvalue weighted by Crippen LogP contribution is 2.11. The summed E-state index contributed by atoms with van der Waals surface area (Å²) in [7, 11) is 4.46. The molecule has 0 heterocycles. The van der Waals surface area contributed by atoms with E-state index in [1.807, 2.05) is 0 Å². The largest absolute Gasteiger partial charge is 0.374 e. The molecular formula is C6H13IO4S. The summed E-state index contributed by atoms with van der Waals surface area (Å²) in [6.07, 6.45) is -0.280. The van der Waals surface area contributed by atoms with E-state index in [1.165, 1.54) is 9.21 Å². The Hall–Kier alpha value is 0.920. The van der Waals surface area contributed by atoms with Gasteiger partial charge in [-0.05, 0) is 0 Å². The zero-order valence-corrected chi connectivity index (χ0v) is 10.1. The lowest BCUT2D eigenvalue weighted by atomic mass is 10.6. The minimum absolute atomic E-state index is 0.280. The number of ether oxygens (including phenoxy) is 3. The van der Waals surface area contributed by atoms with Gasteiger partial charge in [0.15, 0.2) is 6.29 Å². The molecule has 0 rings (SSSR count). The van der Waals surface area contributed by atoms with Crippen LogP contribution in [-0.2, 0) is 18.4 Å². The Morgan fingerprint density at radius 1 is 1.25 bits per heavy atom. The molecule has 0 aromatic heterocycles. The molecule has 0 spiro atoms. The normalized spacial score (nSPS) is 11.0. The Kier molecular flexibility index (Phi) is 10.8. The van der Waals surface area contributed by atoms with Crippen LogP contribution in [-0.4, -0.2) is 40.3 Å². The van der Waals surface area contributed by atoms with Gasteiger partial charge in [0.2, 0.25) is 0 Å². The summed E-state index contributed by atoms with van der Waals surface area (Å²) in [5, 5.41) is 0. The molecule has 0 saturated heterocycles. The van der Waals surface area contributed by atoms with Crippen molar-refractivity contribution in [2.24, 2.45) is 0 Å². The standard InChI is InChI=1S/C6H13IO4S/c1-8-6(9-2)5-10-3-4-11-12-7/h6H,3-5H2,1-2H3. The molecule has 4 nitrogen and oxygen atoms in total. The van der Waals surface area contributed by atoms with Gasteiger partial charge in [0.05, 0.1) is 29.0 Å². The Balaban J connectivity index is 3.06. The van der Waals surface area contributed by atoms with Gasteiger partial charge in [-0.1, -0.05) is 0 Å². The van der Waals surface area contributed by atoms with Crippen molar-refractivity contribution in [2.75, 3.05) is 34.0 Å². The van der Waals surface area contributed by atoms with E-state index in [4.69, 9.17) is 18.4 Å². The van der Waals surface area contributed by atoms with Crippen LogP contribution in [0.15, 0.2) is 0 Å². The first-order chi connectivity index (χ1) is 5.85. The molecule has 0 aromatic rings. The zero-order chi connectivity index (χ0) is 9.23. The highest BCUT2D eigenvalue weighted by atomic mass is 127. The maximum absolute atomic E-state index is 5.19. The topological polar surface area (TPSA) is 36.9 Å². The van der Waals surface area contributed by atoms with Crippen molar-refractivity contribution >= 4 is 30.4 Å². The van der Waals surface area contributed by atoms with Gasteiger partial charge < -0.3 is 18.4 Å². The van der Waals surface area contributed by atoms with E-state index in [0.29, 0.717) is 19.8 Å². The Morgan fingerprint density at radius 3 is 2.42 bits per heavy atom. The van der Waals surface area contributed by atoms with Crippen molar-refractivity contribution in [1.29, 1.82) is 0 Å². The van der Waals surface area contributed by atoms with E-state index in [1.54, 1.807) is 14.2 Å². The van der Waals surface area contributed by atoms with Crippen LogP contribution < -0.4 is 0 Å². The summed E-state index contributed by atoms with van der Waals surface area (Å²) in [4.78, 5) is 0. The maximum Gasteiger partial charge on any atom is 0.180 e. The molecule has 0 N–H and O–H groups in total. The molecule has 0 amide bonds. The number of methoxy groups -OCH3 is 2. The zero-order valence-electron chi connectivity index (χ0n) is 7.12. The quantitative estimate of drug-likeness (QED) is 0.295. The van der Waals surface area contributed by atoms with Crippen LogP contribution in [0.1, 0.15) is 0 Å². The van der Waals surface area contributed by atoms with E-state index in [-0.39, 0.29) is 6.29 Å². The van der Waals surface area contributed by atoms with E-state index in [0.717, 1.165) is 0 Å². The number of halogens is 1. The van der Waals surface area contributed by atoms with Crippen LogP contribution in [0.3, 0.4) is 0 Å². The molecule has 12 heavy (non-hydrogen) atoms. The molecule has 0 aliphatic heterocycles. The van der Waals surface area contributed by atoms with Crippen molar-refractivity contribution in [3.05, 3.63) is 0 Å². The SMILES string of the molecule is COC(COCCOSI)OC. The van der Waals surface area contributed by atoms with E-state index >= 15 is 0 Å². The van der Waals surface area contributed by atoms with E-state index in [2.05, 4.69) is 21.2 Å². The van der Waals surface area contributed by atoms with Gasteiger partial charge in [0.1, 0.15) is 0 Å². The van der Waals surface area contributed by atoms with Crippen LogP contribution in [0.25, 0.3) is 0 Å². The summed E-state index contributed by atoms with van der Waals surface area (Å²) in [6.45, 7) is 1.56.